The first-order valence-corrected chi connectivity index (χ1v) is 7.34. The summed E-state index contributed by atoms with van der Waals surface area (Å²) in [6, 6.07) is 6.89. The van der Waals surface area contributed by atoms with Gasteiger partial charge in [0, 0.05) is 17.7 Å². The smallest absolute Gasteiger partial charge is 0.311 e. The highest BCUT2D eigenvalue weighted by Gasteiger charge is 2.19. The molecule has 0 radical (unpaired) electrons. The number of carbonyl (C=O) groups excluding carboxylic acids is 1. The Morgan fingerprint density at radius 3 is 2.24 bits per heavy atom. The molecule has 0 fully saturated rings. The Kier molecular flexibility index (Phi) is 5.66. The third-order valence-electron chi connectivity index (χ3n) is 3.36. The van der Waals surface area contributed by atoms with E-state index in [1.54, 1.807) is 0 Å². The molecule has 2 aromatic carbocycles. The van der Waals surface area contributed by atoms with Gasteiger partial charge in [0.25, 0.3) is 5.91 Å². The number of methoxy groups -OCH3 is 3. The number of halogens is 1. The molecular formula is C16H15ClN2O6. The Morgan fingerprint density at radius 1 is 1.04 bits per heavy atom. The van der Waals surface area contributed by atoms with E-state index < -0.39 is 10.8 Å². The predicted molar refractivity (Wildman–Crippen MR) is 92.2 cm³/mol. The van der Waals surface area contributed by atoms with E-state index in [4.69, 9.17) is 25.8 Å². The van der Waals surface area contributed by atoms with Gasteiger partial charge >= 0.3 is 5.69 Å². The third-order valence-corrected chi connectivity index (χ3v) is 3.66. The van der Waals surface area contributed by atoms with Crippen LogP contribution in [-0.4, -0.2) is 32.2 Å². The van der Waals surface area contributed by atoms with Crippen molar-refractivity contribution in [3.05, 3.63) is 51.0 Å². The van der Waals surface area contributed by atoms with Gasteiger partial charge in [0.05, 0.1) is 37.0 Å². The van der Waals surface area contributed by atoms with Crippen molar-refractivity contribution in [1.29, 1.82) is 0 Å². The number of benzene rings is 2. The number of nitrogens with one attached hydrogen (secondary N) is 1. The average molecular weight is 367 g/mol. The molecule has 1 amide bonds. The summed E-state index contributed by atoms with van der Waals surface area (Å²) in [7, 11) is 4.19. The molecule has 0 aromatic heterocycles. The number of amides is 1. The zero-order valence-corrected chi connectivity index (χ0v) is 14.4. The Labute approximate surface area is 148 Å². The fourth-order valence-electron chi connectivity index (χ4n) is 2.13. The van der Waals surface area contributed by atoms with Crippen LogP contribution >= 0.6 is 11.6 Å². The van der Waals surface area contributed by atoms with Crippen LogP contribution in [0.3, 0.4) is 0 Å². The van der Waals surface area contributed by atoms with Crippen LogP contribution in [0.15, 0.2) is 30.3 Å². The minimum atomic E-state index is -0.625. The van der Waals surface area contributed by atoms with Gasteiger partial charge < -0.3 is 19.5 Å². The van der Waals surface area contributed by atoms with Crippen molar-refractivity contribution in [3.63, 3.8) is 0 Å². The largest absolute Gasteiger partial charge is 0.495 e. The number of rotatable bonds is 6. The molecule has 8 nitrogen and oxygen atoms in total. The number of nitro groups is 1. The van der Waals surface area contributed by atoms with Gasteiger partial charge in [-0.3, -0.25) is 14.9 Å². The number of carbonyl (C=O) groups is 1. The standard InChI is InChI=1S/C16H15ClN2O6/c1-23-13-5-4-9(6-12(13)19(21)22)16(20)18-11-7-10(17)14(24-2)8-15(11)25-3/h4-8H,1-3H3,(H,18,20). The van der Waals surface area contributed by atoms with Gasteiger partial charge in [-0.25, -0.2) is 0 Å². The number of ether oxygens (including phenoxy) is 3. The van der Waals surface area contributed by atoms with E-state index in [2.05, 4.69) is 5.32 Å². The number of hydrogen-bond acceptors (Lipinski definition) is 6. The Morgan fingerprint density at radius 2 is 1.68 bits per heavy atom. The van der Waals surface area contributed by atoms with Crippen LogP contribution in [-0.2, 0) is 0 Å². The summed E-state index contributed by atoms with van der Waals surface area (Å²) in [6.07, 6.45) is 0. The molecule has 0 unspecified atom stereocenters. The summed E-state index contributed by atoms with van der Waals surface area (Å²) < 4.78 is 15.2. The normalized spacial score (nSPS) is 10.1. The van der Waals surface area contributed by atoms with Crippen molar-refractivity contribution in [2.45, 2.75) is 0 Å². The van der Waals surface area contributed by atoms with Crippen LogP contribution in [0.25, 0.3) is 0 Å². The second-order valence-corrected chi connectivity index (χ2v) is 5.19. The SMILES string of the molecule is COc1cc(OC)c(NC(=O)c2ccc(OC)c([N+](=O)[O-])c2)cc1Cl. The zero-order chi connectivity index (χ0) is 18.6. The highest BCUT2D eigenvalue weighted by molar-refractivity contribution is 6.32. The lowest BCUT2D eigenvalue weighted by atomic mass is 10.1. The van der Waals surface area contributed by atoms with Crippen molar-refractivity contribution in [2.75, 3.05) is 26.6 Å². The van der Waals surface area contributed by atoms with Gasteiger partial charge in [0.2, 0.25) is 0 Å². The maximum atomic E-state index is 12.4. The van der Waals surface area contributed by atoms with Crippen LogP contribution in [0.1, 0.15) is 10.4 Å². The van der Waals surface area contributed by atoms with E-state index in [0.29, 0.717) is 17.2 Å². The zero-order valence-electron chi connectivity index (χ0n) is 13.7. The molecule has 2 rings (SSSR count). The lowest BCUT2D eigenvalue weighted by Crippen LogP contribution is -2.13. The second kappa shape index (κ2) is 7.71. The predicted octanol–water partition coefficient (Wildman–Crippen LogP) is 3.53. The Bertz CT molecular complexity index is 825. The summed E-state index contributed by atoms with van der Waals surface area (Å²) in [5, 5.41) is 14.0. The molecule has 2 aromatic rings. The van der Waals surface area contributed by atoms with Crippen molar-refractivity contribution in [2.24, 2.45) is 0 Å². The second-order valence-electron chi connectivity index (χ2n) is 4.78. The van der Waals surface area contributed by atoms with E-state index in [-0.39, 0.29) is 22.0 Å². The average Bonchev–Trinajstić information content (AvgIpc) is 2.61. The molecule has 0 aliphatic heterocycles. The Balaban J connectivity index is 2.36. The van der Waals surface area contributed by atoms with E-state index in [1.165, 1.54) is 45.6 Å². The Hall–Kier alpha value is -3.00. The summed E-state index contributed by atoms with van der Waals surface area (Å²) in [5.74, 6) is 0.214. The third kappa shape index (κ3) is 3.92. The summed E-state index contributed by atoms with van der Waals surface area (Å²) >= 11 is 6.06. The fraction of sp³-hybridized carbons (Fsp3) is 0.188. The maximum Gasteiger partial charge on any atom is 0.311 e. The molecule has 0 saturated carbocycles. The molecule has 0 bridgehead atoms. The van der Waals surface area contributed by atoms with E-state index in [1.807, 2.05) is 0 Å². The highest BCUT2D eigenvalue weighted by atomic mass is 35.5. The van der Waals surface area contributed by atoms with Gasteiger partial charge in [-0.1, -0.05) is 11.6 Å². The van der Waals surface area contributed by atoms with Crippen LogP contribution < -0.4 is 19.5 Å². The molecule has 132 valence electrons. The van der Waals surface area contributed by atoms with E-state index in [0.717, 1.165) is 6.07 Å². The fourth-order valence-corrected chi connectivity index (χ4v) is 2.37. The quantitative estimate of drug-likeness (QED) is 0.620. The van der Waals surface area contributed by atoms with Gasteiger partial charge in [-0.15, -0.1) is 0 Å². The van der Waals surface area contributed by atoms with Crippen molar-refractivity contribution < 1.29 is 23.9 Å². The number of hydrogen-bond donors (Lipinski definition) is 1. The maximum absolute atomic E-state index is 12.4. The molecule has 1 N–H and O–H groups in total. The van der Waals surface area contributed by atoms with Gasteiger partial charge in [0.15, 0.2) is 5.75 Å². The molecule has 0 saturated heterocycles. The summed E-state index contributed by atoms with van der Waals surface area (Å²) in [6.45, 7) is 0. The van der Waals surface area contributed by atoms with Crippen LogP contribution in [0.5, 0.6) is 17.2 Å². The first kappa shape index (κ1) is 18.3. The van der Waals surface area contributed by atoms with Crippen LogP contribution in [0.2, 0.25) is 5.02 Å². The minimum absolute atomic E-state index is 0.0617. The summed E-state index contributed by atoms with van der Waals surface area (Å²) in [5.41, 5.74) is 0.0770. The molecular weight excluding hydrogens is 352 g/mol. The molecule has 25 heavy (non-hydrogen) atoms. The number of nitrogens with zero attached hydrogens (tertiary/aromatic N) is 1. The van der Waals surface area contributed by atoms with Gasteiger partial charge in [-0.2, -0.15) is 0 Å². The van der Waals surface area contributed by atoms with Gasteiger partial charge in [-0.05, 0) is 18.2 Å². The highest BCUT2D eigenvalue weighted by Crippen LogP contribution is 2.36. The monoisotopic (exact) mass is 366 g/mol. The van der Waals surface area contributed by atoms with Crippen molar-refractivity contribution in [3.8, 4) is 17.2 Å². The minimum Gasteiger partial charge on any atom is -0.495 e. The first-order valence-electron chi connectivity index (χ1n) is 6.96. The van der Waals surface area contributed by atoms with Crippen LogP contribution in [0, 0.1) is 10.1 Å². The molecule has 0 aliphatic carbocycles. The number of nitro benzene ring substituents is 1. The molecule has 9 heteroatoms. The van der Waals surface area contributed by atoms with E-state index >= 15 is 0 Å². The molecule has 0 heterocycles. The molecule has 0 spiro atoms. The number of anilines is 1. The molecule has 0 aliphatic rings. The van der Waals surface area contributed by atoms with E-state index in [9.17, 15) is 14.9 Å². The first-order chi connectivity index (χ1) is 11.9. The lowest BCUT2D eigenvalue weighted by molar-refractivity contribution is -0.385. The van der Waals surface area contributed by atoms with Crippen LogP contribution in [0.4, 0.5) is 11.4 Å². The molecule has 0 atom stereocenters. The van der Waals surface area contributed by atoms with Crippen molar-refractivity contribution >= 4 is 28.9 Å². The lowest BCUT2D eigenvalue weighted by Gasteiger charge is -2.13. The van der Waals surface area contributed by atoms with Crippen molar-refractivity contribution in [1.82, 2.24) is 0 Å². The topological polar surface area (TPSA) is 99.9 Å². The van der Waals surface area contributed by atoms with Gasteiger partial charge in [0.1, 0.15) is 11.5 Å². The summed E-state index contributed by atoms with van der Waals surface area (Å²) in [4.78, 5) is 22.9.